The average molecular weight is 332 g/mol. The number of hydrogen-bond donors (Lipinski definition) is 0. The van der Waals surface area contributed by atoms with Crippen LogP contribution >= 0.6 is 0 Å². The van der Waals surface area contributed by atoms with Gasteiger partial charge >= 0.3 is 6.09 Å². The van der Waals surface area contributed by atoms with Crippen LogP contribution in [0.1, 0.15) is 40.5 Å². The first-order valence-electron chi connectivity index (χ1n) is 8.66. The molecule has 132 valence electrons. The molecule has 1 aromatic rings. The normalized spacial score (nSPS) is 15.9. The minimum atomic E-state index is -0.490. The topological polar surface area (TPSA) is 49.9 Å². The summed E-state index contributed by atoms with van der Waals surface area (Å²) >= 11 is 0. The summed E-state index contributed by atoms with van der Waals surface area (Å²) in [5, 5.41) is 0. The number of rotatable bonds is 3. The first-order chi connectivity index (χ1) is 11.3. The Morgan fingerprint density at radius 2 is 1.75 bits per heavy atom. The Balaban J connectivity index is 1.94. The highest BCUT2D eigenvalue weighted by molar-refractivity contribution is 5.95. The highest BCUT2D eigenvalue weighted by Gasteiger charge is 2.32. The van der Waals surface area contributed by atoms with Gasteiger partial charge in [-0.1, -0.05) is 18.2 Å². The van der Waals surface area contributed by atoms with E-state index in [1.807, 2.05) is 62.9 Å². The van der Waals surface area contributed by atoms with Crippen molar-refractivity contribution in [3.05, 3.63) is 30.3 Å². The second-order valence-corrected chi connectivity index (χ2v) is 7.16. The molecule has 24 heavy (non-hydrogen) atoms. The van der Waals surface area contributed by atoms with Crippen molar-refractivity contribution < 1.29 is 14.3 Å². The summed E-state index contributed by atoms with van der Waals surface area (Å²) in [6.45, 7) is 9.35. The molecular formula is C19H28N2O3. The van der Waals surface area contributed by atoms with Gasteiger partial charge in [-0.3, -0.25) is 4.79 Å². The molecule has 1 saturated heterocycles. The fourth-order valence-corrected chi connectivity index (χ4v) is 2.93. The molecule has 1 aliphatic heterocycles. The highest BCUT2D eigenvalue weighted by Crippen LogP contribution is 2.24. The van der Waals surface area contributed by atoms with Crippen molar-refractivity contribution in [2.24, 2.45) is 5.92 Å². The predicted molar refractivity (Wildman–Crippen MR) is 95.0 cm³/mol. The lowest BCUT2D eigenvalue weighted by molar-refractivity contribution is -0.123. The van der Waals surface area contributed by atoms with Gasteiger partial charge in [0.05, 0.1) is 0 Å². The zero-order valence-electron chi connectivity index (χ0n) is 15.1. The zero-order valence-corrected chi connectivity index (χ0v) is 15.1. The van der Waals surface area contributed by atoms with Crippen molar-refractivity contribution in [3.8, 4) is 0 Å². The van der Waals surface area contributed by atoms with Gasteiger partial charge in [0.25, 0.3) is 0 Å². The van der Waals surface area contributed by atoms with E-state index < -0.39 is 5.60 Å². The molecule has 0 atom stereocenters. The van der Waals surface area contributed by atoms with E-state index in [1.54, 1.807) is 4.90 Å². The molecule has 0 aromatic heterocycles. The number of anilines is 1. The molecule has 0 spiro atoms. The number of para-hydroxylation sites is 1. The van der Waals surface area contributed by atoms with Crippen LogP contribution in [-0.4, -0.2) is 42.1 Å². The molecule has 1 aromatic carbocycles. The van der Waals surface area contributed by atoms with Gasteiger partial charge in [-0.25, -0.2) is 4.79 Å². The fraction of sp³-hybridized carbons (Fsp3) is 0.579. The van der Waals surface area contributed by atoms with E-state index in [9.17, 15) is 9.59 Å². The molecule has 0 N–H and O–H groups in total. The van der Waals surface area contributed by atoms with Crippen molar-refractivity contribution >= 4 is 17.7 Å². The monoisotopic (exact) mass is 332 g/mol. The van der Waals surface area contributed by atoms with Crippen LogP contribution in [0.2, 0.25) is 0 Å². The van der Waals surface area contributed by atoms with Gasteiger partial charge in [0.15, 0.2) is 0 Å². The third-order valence-corrected chi connectivity index (χ3v) is 4.15. The van der Waals surface area contributed by atoms with E-state index in [0.29, 0.717) is 32.5 Å². The molecule has 2 rings (SSSR count). The first kappa shape index (κ1) is 18.3. The molecule has 5 heteroatoms. The molecule has 5 nitrogen and oxygen atoms in total. The van der Waals surface area contributed by atoms with Gasteiger partial charge in [0, 0.05) is 31.2 Å². The van der Waals surface area contributed by atoms with Gasteiger partial charge in [-0.15, -0.1) is 0 Å². The highest BCUT2D eigenvalue weighted by atomic mass is 16.6. The van der Waals surface area contributed by atoms with E-state index in [4.69, 9.17) is 4.74 Å². The standard InChI is InChI=1S/C19H28N2O3/c1-5-21(16-9-7-6-8-10-16)17(22)15-11-13-20(14-12-15)18(23)24-19(2,3)4/h6-10,15H,5,11-14H2,1-4H3. The molecule has 0 bridgehead atoms. The second kappa shape index (κ2) is 7.69. The lowest BCUT2D eigenvalue weighted by Crippen LogP contribution is -2.46. The molecule has 1 heterocycles. The van der Waals surface area contributed by atoms with Crippen molar-refractivity contribution in [3.63, 3.8) is 0 Å². The molecule has 0 saturated carbocycles. The number of carbonyl (C=O) groups excluding carboxylic acids is 2. The van der Waals surface area contributed by atoms with Crippen LogP contribution in [0, 0.1) is 5.92 Å². The van der Waals surface area contributed by atoms with Gasteiger partial charge in [-0.05, 0) is 52.7 Å². The predicted octanol–water partition coefficient (Wildman–Crippen LogP) is 3.69. The molecular weight excluding hydrogens is 304 g/mol. The van der Waals surface area contributed by atoms with Crippen LogP contribution in [0.3, 0.4) is 0 Å². The average Bonchev–Trinajstić information content (AvgIpc) is 2.55. The van der Waals surface area contributed by atoms with Gasteiger partial charge < -0.3 is 14.5 Å². The summed E-state index contributed by atoms with van der Waals surface area (Å²) in [6.07, 6.45) is 1.08. The van der Waals surface area contributed by atoms with Crippen LogP contribution in [0.25, 0.3) is 0 Å². The smallest absolute Gasteiger partial charge is 0.410 e. The van der Waals surface area contributed by atoms with Crippen molar-refractivity contribution in [1.82, 2.24) is 4.90 Å². The summed E-state index contributed by atoms with van der Waals surface area (Å²) in [6, 6.07) is 9.74. The number of carbonyl (C=O) groups is 2. The molecule has 2 amide bonds. The van der Waals surface area contributed by atoms with Crippen molar-refractivity contribution in [1.29, 1.82) is 0 Å². The summed E-state index contributed by atoms with van der Waals surface area (Å²) in [5.74, 6) is 0.108. The Hall–Kier alpha value is -2.04. The van der Waals surface area contributed by atoms with Crippen LogP contribution < -0.4 is 4.90 Å². The van der Waals surface area contributed by atoms with E-state index >= 15 is 0 Å². The Kier molecular flexibility index (Phi) is 5.86. The maximum absolute atomic E-state index is 12.8. The maximum Gasteiger partial charge on any atom is 0.410 e. The number of nitrogens with zero attached hydrogens (tertiary/aromatic N) is 2. The molecule has 0 radical (unpaired) electrons. The summed E-state index contributed by atoms with van der Waals surface area (Å²) in [4.78, 5) is 28.5. The Morgan fingerprint density at radius 3 is 2.25 bits per heavy atom. The lowest BCUT2D eigenvalue weighted by Gasteiger charge is -2.34. The van der Waals surface area contributed by atoms with Gasteiger partial charge in [0.1, 0.15) is 5.60 Å². The molecule has 0 aliphatic carbocycles. The number of piperidine rings is 1. The minimum absolute atomic E-state index is 0.0381. The summed E-state index contributed by atoms with van der Waals surface area (Å²) < 4.78 is 5.40. The second-order valence-electron chi connectivity index (χ2n) is 7.16. The van der Waals surface area contributed by atoms with E-state index in [2.05, 4.69) is 0 Å². The van der Waals surface area contributed by atoms with Gasteiger partial charge in [0.2, 0.25) is 5.91 Å². The quantitative estimate of drug-likeness (QED) is 0.848. The zero-order chi connectivity index (χ0) is 17.7. The van der Waals surface area contributed by atoms with E-state index in [-0.39, 0.29) is 17.9 Å². The van der Waals surface area contributed by atoms with E-state index in [0.717, 1.165) is 5.69 Å². The lowest BCUT2D eigenvalue weighted by atomic mass is 9.95. The third-order valence-electron chi connectivity index (χ3n) is 4.15. The number of ether oxygens (including phenoxy) is 1. The Bertz CT molecular complexity index is 558. The third kappa shape index (κ3) is 4.73. The first-order valence-corrected chi connectivity index (χ1v) is 8.66. The molecule has 1 fully saturated rings. The number of amides is 2. The number of hydrogen-bond acceptors (Lipinski definition) is 3. The summed E-state index contributed by atoms with van der Waals surface area (Å²) in [5.41, 5.74) is 0.440. The van der Waals surface area contributed by atoms with E-state index in [1.165, 1.54) is 0 Å². The van der Waals surface area contributed by atoms with Crippen LogP contribution in [-0.2, 0) is 9.53 Å². The number of likely N-dealkylation sites (tertiary alicyclic amines) is 1. The van der Waals surface area contributed by atoms with Gasteiger partial charge in [-0.2, -0.15) is 0 Å². The molecule has 0 unspecified atom stereocenters. The number of benzene rings is 1. The molecule has 1 aliphatic rings. The van der Waals surface area contributed by atoms with Crippen LogP contribution in [0.15, 0.2) is 30.3 Å². The SMILES string of the molecule is CCN(C(=O)C1CCN(C(=O)OC(C)(C)C)CC1)c1ccccc1. The van der Waals surface area contributed by atoms with Crippen LogP contribution in [0.5, 0.6) is 0 Å². The van der Waals surface area contributed by atoms with Crippen LogP contribution in [0.4, 0.5) is 10.5 Å². The largest absolute Gasteiger partial charge is 0.444 e. The Labute approximate surface area is 144 Å². The fourth-order valence-electron chi connectivity index (χ4n) is 2.93. The van der Waals surface area contributed by atoms with Crippen molar-refractivity contribution in [2.45, 2.75) is 46.1 Å². The minimum Gasteiger partial charge on any atom is -0.444 e. The Morgan fingerprint density at radius 1 is 1.17 bits per heavy atom. The summed E-state index contributed by atoms with van der Waals surface area (Å²) in [7, 11) is 0. The van der Waals surface area contributed by atoms with Crippen molar-refractivity contribution in [2.75, 3.05) is 24.5 Å². The maximum atomic E-state index is 12.8.